The van der Waals surface area contributed by atoms with Gasteiger partial charge < -0.3 is 5.32 Å². The molecule has 0 atom stereocenters. The highest BCUT2D eigenvalue weighted by atomic mass is 19.1. The standard InChI is InChI=1S/C20H14F2N4O/c1-11-4-5-23-17-3-2-12(8-16(11)17)20(27)24-19-10-18(25-26-19)13-6-14(21)9-15(22)7-13/h2-10H,1H3,(H2,24,25,26,27). The number of pyridine rings is 1. The second-order valence-electron chi connectivity index (χ2n) is 6.14. The van der Waals surface area contributed by atoms with E-state index in [2.05, 4.69) is 20.5 Å². The summed E-state index contributed by atoms with van der Waals surface area (Å²) in [5.74, 6) is -1.47. The van der Waals surface area contributed by atoms with Crippen molar-refractivity contribution in [3.8, 4) is 11.3 Å². The van der Waals surface area contributed by atoms with Crippen LogP contribution in [0.4, 0.5) is 14.6 Å². The van der Waals surface area contributed by atoms with E-state index in [9.17, 15) is 13.6 Å². The Bertz CT molecular complexity index is 1150. The van der Waals surface area contributed by atoms with Crippen molar-refractivity contribution in [1.82, 2.24) is 15.2 Å². The Morgan fingerprint density at radius 3 is 2.59 bits per heavy atom. The van der Waals surface area contributed by atoms with Crippen LogP contribution in [0.25, 0.3) is 22.2 Å². The van der Waals surface area contributed by atoms with E-state index < -0.39 is 11.6 Å². The van der Waals surface area contributed by atoms with E-state index in [1.54, 1.807) is 24.4 Å². The molecule has 2 aromatic heterocycles. The summed E-state index contributed by atoms with van der Waals surface area (Å²) in [6, 6.07) is 11.8. The van der Waals surface area contributed by atoms with Crippen LogP contribution in [0.2, 0.25) is 0 Å². The molecule has 4 rings (SSSR count). The summed E-state index contributed by atoms with van der Waals surface area (Å²) in [6.07, 6.45) is 1.72. The number of fused-ring (bicyclic) bond motifs is 1. The zero-order valence-corrected chi connectivity index (χ0v) is 14.3. The van der Waals surface area contributed by atoms with Gasteiger partial charge in [-0.05, 0) is 48.9 Å². The molecule has 134 valence electrons. The van der Waals surface area contributed by atoms with Gasteiger partial charge in [-0.1, -0.05) is 0 Å². The SMILES string of the molecule is Cc1ccnc2ccc(C(=O)Nc3cc(-c4cc(F)cc(F)c4)[nH]n3)cc12. The van der Waals surface area contributed by atoms with Crippen molar-refractivity contribution in [2.75, 3.05) is 5.32 Å². The average Bonchev–Trinajstić information content (AvgIpc) is 3.09. The van der Waals surface area contributed by atoms with Gasteiger partial charge in [-0.3, -0.25) is 14.9 Å². The predicted octanol–water partition coefficient (Wildman–Crippen LogP) is 4.46. The molecule has 2 heterocycles. The third kappa shape index (κ3) is 3.39. The van der Waals surface area contributed by atoms with Gasteiger partial charge in [-0.2, -0.15) is 5.10 Å². The molecule has 0 unspecified atom stereocenters. The van der Waals surface area contributed by atoms with Crippen molar-refractivity contribution >= 4 is 22.6 Å². The summed E-state index contributed by atoms with van der Waals surface area (Å²) < 4.78 is 26.7. The van der Waals surface area contributed by atoms with Crippen LogP contribution in [-0.4, -0.2) is 21.1 Å². The van der Waals surface area contributed by atoms with E-state index in [0.29, 0.717) is 16.8 Å². The van der Waals surface area contributed by atoms with Crippen molar-refractivity contribution in [1.29, 1.82) is 0 Å². The zero-order valence-electron chi connectivity index (χ0n) is 14.3. The molecule has 0 saturated heterocycles. The maximum absolute atomic E-state index is 13.4. The van der Waals surface area contributed by atoms with Gasteiger partial charge in [0.2, 0.25) is 0 Å². The largest absolute Gasteiger partial charge is 0.305 e. The molecule has 0 aliphatic carbocycles. The van der Waals surface area contributed by atoms with Gasteiger partial charge in [0.25, 0.3) is 5.91 Å². The Hall–Kier alpha value is -3.61. The number of aromatic nitrogens is 3. The van der Waals surface area contributed by atoms with Gasteiger partial charge in [0, 0.05) is 34.8 Å². The predicted molar refractivity (Wildman–Crippen MR) is 98.4 cm³/mol. The Morgan fingerprint density at radius 1 is 1.04 bits per heavy atom. The molecule has 0 aliphatic heterocycles. The smallest absolute Gasteiger partial charge is 0.256 e. The Labute approximate surface area is 153 Å². The lowest BCUT2D eigenvalue weighted by Gasteiger charge is -2.05. The lowest BCUT2D eigenvalue weighted by Crippen LogP contribution is -2.12. The number of halogens is 2. The normalized spacial score (nSPS) is 10.9. The summed E-state index contributed by atoms with van der Waals surface area (Å²) in [7, 11) is 0. The number of hydrogen-bond acceptors (Lipinski definition) is 3. The molecule has 5 nitrogen and oxygen atoms in total. The van der Waals surface area contributed by atoms with E-state index in [1.165, 1.54) is 18.2 Å². The highest BCUT2D eigenvalue weighted by molar-refractivity contribution is 6.06. The molecule has 2 N–H and O–H groups in total. The van der Waals surface area contributed by atoms with E-state index in [-0.39, 0.29) is 11.7 Å². The number of amides is 1. The van der Waals surface area contributed by atoms with E-state index >= 15 is 0 Å². The summed E-state index contributed by atoms with van der Waals surface area (Å²) in [6.45, 7) is 1.95. The lowest BCUT2D eigenvalue weighted by atomic mass is 10.1. The third-order valence-corrected chi connectivity index (χ3v) is 4.21. The van der Waals surface area contributed by atoms with Crippen LogP contribution in [0.5, 0.6) is 0 Å². The van der Waals surface area contributed by atoms with Crippen LogP contribution in [0.3, 0.4) is 0 Å². The number of aryl methyl sites for hydroxylation is 1. The number of nitrogens with zero attached hydrogens (tertiary/aromatic N) is 2. The molecule has 0 aliphatic rings. The van der Waals surface area contributed by atoms with Crippen molar-refractivity contribution in [3.63, 3.8) is 0 Å². The van der Waals surface area contributed by atoms with E-state index in [0.717, 1.165) is 22.5 Å². The summed E-state index contributed by atoms with van der Waals surface area (Å²) in [5.41, 5.74) is 2.97. The van der Waals surface area contributed by atoms with Crippen molar-refractivity contribution < 1.29 is 13.6 Å². The summed E-state index contributed by atoms with van der Waals surface area (Å²) >= 11 is 0. The quantitative estimate of drug-likeness (QED) is 0.564. The van der Waals surface area contributed by atoms with Gasteiger partial charge in [0.05, 0.1) is 11.2 Å². The maximum Gasteiger partial charge on any atom is 0.256 e. The summed E-state index contributed by atoms with van der Waals surface area (Å²) in [4.78, 5) is 16.8. The number of carbonyl (C=O) groups excluding carboxylic acids is 1. The highest BCUT2D eigenvalue weighted by Gasteiger charge is 2.12. The fourth-order valence-corrected chi connectivity index (χ4v) is 2.86. The molecule has 4 aromatic rings. The zero-order chi connectivity index (χ0) is 19.0. The molecular formula is C20H14F2N4O. The minimum absolute atomic E-state index is 0.252. The Balaban J connectivity index is 1.59. The third-order valence-electron chi connectivity index (χ3n) is 4.21. The van der Waals surface area contributed by atoms with Crippen molar-refractivity contribution in [2.24, 2.45) is 0 Å². The number of carbonyl (C=O) groups is 1. The number of H-pyrrole nitrogens is 1. The minimum atomic E-state index is -0.690. The minimum Gasteiger partial charge on any atom is -0.305 e. The van der Waals surface area contributed by atoms with Gasteiger partial charge in [0.1, 0.15) is 11.6 Å². The highest BCUT2D eigenvalue weighted by Crippen LogP contribution is 2.23. The van der Waals surface area contributed by atoms with Crippen molar-refractivity contribution in [3.05, 3.63) is 77.5 Å². The Morgan fingerprint density at radius 2 is 1.81 bits per heavy atom. The number of benzene rings is 2. The lowest BCUT2D eigenvalue weighted by molar-refractivity contribution is 0.102. The second-order valence-corrected chi connectivity index (χ2v) is 6.14. The van der Waals surface area contributed by atoms with E-state index in [4.69, 9.17) is 0 Å². The monoisotopic (exact) mass is 364 g/mol. The first-order valence-electron chi connectivity index (χ1n) is 8.18. The van der Waals surface area contributed by atoms with Crippen LogP contribution >= 0.6 is 0 Å². The molecule has 2 aromatic carbocycles. The number of aromatic amines is 1. The van der Waals surface area contributed by atoms with Crippen LogP contribution in [0.1, 0.15) is 15.9 Å². The number of rotatable bonds is 3. The van der Waals surface area contributed by atoms with Gasteiger partial charge >= 0.3 is 0 Å². The molecule has 7 heteroatoms. The number of hydrogen-bond donors (Lipinski definition) is 2. The van der Waals surface area contributed by atoms with Crippen LogP contribution in [0, 0.1) is 18.6 Å². The number of anilines is 1. The molecule has 0 bridgehead atoms. The first-order chi connectivity index (χ1) is 13.0. The van der Waals surface area contributed by atoms with Crippen LogP contribution in [-0.2, 0) is 0 Å². The molecule has 0 fully saturated rings. The Kier molecular flexibility index (Phi) is 4.12. The fourth-order valence-electron chi connectivity index (χ4n) is 2.86. The second kappa shape index (κ2) is 6.60. The maximum atomic E-state index is 13.4. The van der Waals surface area contributed by atoms with Gasteiger partial charge in [0.15, 0.2) is 5.82 Å². The molecule has 1 amide bonds. The van der Waals surface area contributed by atoms with E-state index in [1.807, 2.05) is 13.0 Å². The molecule has 0 saturated carbocycles. The molecular weight excluding hydrogens is 350 g/mol. The van der Waals surface area contributed by atoms with Gasteiger partial charge in [-0.15, -0.1) is 0 Å². The fraction of sp³-hybridized carbons (Fsp3) is 0.0500. The average molecular weight is 364 g/mol. The van der Waals surface area contributed by atoms with Crippen LogP contribution < -0.4 is 5.32 Å². The van der Waals surface area contributed by atoms with Crippen LogP contribution in [0.15, 0.2) is 54.7 Å². The first-order valence-corrected chi connectivity index (χ1v) is 8.18. The van der Waals surface area contributed by atoms with Crippen molar-refractivity contribution in [2.45, 2.75) is 6.92 Å². The summed E-state index contributed by atoms with van der Waals surface area (Å²) in [5, 5.41) is 10.2. The molecule has 0 spiro atoms. The first kappa shape index (κ1) is 16.8. The topological polar surface area (TPSA) is 70.7 Å². The number of nitrogens with one attached hydrogen (secondary N) is 2. The molecule has 0 radical (unpaired) electrons. The molecule has 27 heavy (non-hydrogen) atoms. The van der Waals surface area contributed by atoms with Gasteiger partial charge in [-0.25, -0.2) is 8.78 Å².